The number of rotatable bonds is 3. The van der Waals surface area contributed by atoms with Crippen LogP contribution in [0.25, 0.3) is 0 Å². The first kappa shape index (κ1) is 15.3. The molecule has 2 aromatic rings. The van der Waals surface area contributed by atoms with E-state index in [9.17, 15) is 14.7 Å². The number of carboxylic acids is 1. The van der Waals surface area contributed by atoms with Gasteiger partial charge in [-0.2, -0.15) is 5.10 Å². The summed E-state index contributed by atoms with van der Waals surface area (Å²) in [7, 11) is 0. The minimum atomic E-state index is -1.07. The maximum atomic E-state index is 12.7. The summed E-state index contributed by atoms with van der Waals surface area (Å²) in [6.45, 7) is 4.83. The smallest absolute Gasteiger partial charge is 0.354 e. The van der Waals surface area contributed by atoms with E-state index in [0.29, 0.717) is 13.1 Å². The molecule has 1 aliphatic rings. The van der Waals surface area contributed by atoms with Gasteiger partial charge in [-0.25, -0.2) is 4.79 Å². The summed E-state index contributed by atoms with van der Waals surface area (Å²) >= 11 is 0. The molecule has 0 atom stereocenters. The number of carbonyl (C=O) groups excluding carboxylic acids is 1. The van der Waals surface area contributed by atoms with Gasteiger partial charge in [0, 0.05) is 25.2 Å². The summed E-state index contributed by atoms with van der Waals surface area (Å²) in [5.74, 6) is -1.30. The Morgan fingerprint density at radius 1 is 1.22 bits per heavy atom. The number of nitrogens with zero attached hydrogens (tertiary/aromatic N) is 3. The largest absolute Gasteiger partial charge is 0.477 e. The van der Waals surface area contributed by atoms with Crippen LogP contribution in [0.2, 0.25) is 0 Å². The Morgan fingerprint density at radius 2 is 1.91 bits per heavy atom. The van der Waals surface area contributed by atoms with Gasteiger partial charge in [-0.1, -0.05) is 24.3 Å². The Balaban J connectivity index is 1.87. The molecule has 0 saturated heterocycles. The molecule has 1 N–H and O–H groups in total. The average molecular weight is 313 g/mol. The van der Waals surface area contributed by atoms with Gasteiger partial charge in [0.25, 0.3) is 5.91 Å². The molecule has 120 valence electrons. The van der Waals surface area contributed by atoms with Gasteiger partial charge in [-0.05, 0) is 31.4 Å². The van der Waals surface area contributed by atoms with Crippen LogP contribution in [-0.4, -0.2) is 38.2 Å². The highest BCUT2D eigenvalue weighted by Gasteiger charge is 2.26. The van der Waals surface area contributed by atoms with Gasteiger partial charge < -0.3 is 10.0 Å². The number of carboxylic acid groups (broad SMARTS) is 1. The molecule has 1 aliphatic heterocycles. The van der Waals surface area contributed by atoms with Crippen LogP contribution in [0.3, 0.4) is 0 Å². The molecule has 0 saturated carbocycles. The van der Waals surface area contributed by atoms with Gasteiger partial charge in [-0.3, -0.25) is 9.48 Å². The zero-order valence-corrected chi connectivity index (χ0v) is 13.2. The lowest BCUT2D eigenvalue weighted by molar-refractivity contribution is 0.0679. The number of amides is 1. The molecule has 6 nitrogen and oxygen atoms in total. The second kappa shape index (κ2) is 5.87. The van der Waals surface area contributed by atoms with Crippen LogP contribution < -0.4 is 0 Å². The molecule has 1 aromatic carbocycles. The van der Waals surface area contributed by atoms with E-state index in [0.717, 1.165) is 12.0 Å². The molecule has 0 fully saturated rings. The SMILES string of the molecule is CC(C)n1nc(C(=O)N2CCc3ccccc3C2)cc1C(=O)O. The maximum absolute atomic E-state index is 12.7. The standard InChI is InChI=1S/C17H19N3O3/c1-11(2)20-15(17(22)23)9-14(18-20)16(21)19-8-7-12-5-3-4-6-13(12)10-19/h3-6,9,11H,7-8,10H2,1-2H3,(H,22,23). The fourth-order valence-corrected chi connectivity index (χ4v) is 2.88. The van der Waals surface area contributed by atoms with Crippen molar-refractivity contribution in [3.63, 3.8) is 0 Å². The van der Waals surface area contributed by atoms with Crippen molar-refractivity contribution in [3.05, 3.63) is 52.8 Å². The summed E-state index contributed by atoms with van der Waals surface area (Å²) in [5.41, 5.74) is 2.63. The molecule has 3 rings (SSSR count). The Bertz CT molecular complexity index is 764. The molecule has 1 aromatic heterocycles. The predicted octanol–water partition coefficient (Wildman–Crippen LogP) is 2.36. The lowest BCUT2D eigenvalue weighted by Gasteiger charge is -2.28. The molecule has 0 unspecified atom stereocenters. The first-order valence-corrected chi connectivity index (χ1v) is 7.66. The minimum absolute atomic E-state index is 0.0424. The summed E-state index contributed by atoms with van der Waals surface area (Å²) in [6, 6.07) is 9.30. The number of hydrogen-bond donors (Lipinski definition) is 1. The highest BCUT2D eigenvalue weighted by molar-refractivity contribution is 5.95. The van der Waals surface area contributed by atoms with Crippen LogP contribution in [0.4, 0.5) is 0 Å². The number of carbonyl (C=O) groups is 2. The van der Waals surface area contributed by atoms with Crippen molar-refractivity contribution in [1.82, 2.24) is 14.7 Å². The Hall–Kier alpha value is -2.63. The third-order valence-corrected chi connectivity index (χ3v) is 4.08. The Morgan fingerprint density at radius 3 is 2.52 bits per heavy atom. The topological polar surface area (TPSA) is 75.4 Å². The van der Waals surface area contributed by atoms with E-state index in [2.05, 4.69) is 11.2 Å². The van der Waals surface area contributed by atoms with Crippen molar-refractivity contribution in [2.45, 2.75) is 32.9 Å². The van der Waals surface area contributed by atoms with Crippen LogP contribution >= 0.6 is 0 Å². The van der Waals surface area contributed by atoms with Crippen LogP contribution in [-0.2, 0) is 13.0 Å². The number of aromatic carboxylic acids is 1. The van der Waals surface area contributed by atoms with Gasteiger partial charge in [0.1, 0.15) is 5.69 Å². The first-order valence-electron chi connectivity index (χ1n) is 7.66. The molecule has 0 spiro atoms. The second-order valence-corrected chi connectivity index (χ2v) is 6.00. The normalized spacial score (nSPS) is 14.0. The van der Waals surface area contributed by atoms with Crippen LogP contribution in [0.15, 0.2) is 30.3 Å². The molecule has 0 bridgehead atoms. The summed E-state index contributed by atoms with van der Waals surface area (Å²) in [5, 5.41) is 13.5. The van der Waals surface area contributed by atoms with Crippen molar-refractivity contribution >= 4 is 11.9 Å². The van der Waals surface area contributed by atoms with Gasteiger partial charge in [0.15, 0.2) is 5.69 Å². The molecule has 0 radical (unpaired) electrons. The van der Waals surface area contributed by atoms with Crippen molar-refractivity contribution in [2.75, 3.05) is 6.54 Å². The number of benzene rings is 1. The van der Waals surface area contributed by atoms with E-state index in [4.69, 9.17) is 0 Å². The molecular formula is C17H19N3O3. The van der Waals surface area contributed by atoms with Crippen molar-refractivity contribution < 1.29 is 14.7 Å². The quantitative estimate of drug-likeness (QED) is 0.944. The van der Waals surface area contributed by atoms with Gasteiger partial charge in [0.05, 0.1) is 0 Å². The Labute approximate surface area is 134 Å². The lowest BCUT2D eigenvalue weighted by Crippen LogP contribution is -2.36. The van der Waals surface area contributed by atoms with Gasteiger partial charge >= 0.3 is 5.97 Å². The average Bonchev–Trinajstić information content (AvgIpc) is 2.99. The summed E-state index contributed by atoms with van der Waals surface area (Å²) in [4.78, 5) is 25.7. The first-order chi connectivity index (χ1) is 11.0. The molecule has 2 heterocycles. The highest BCUT2D eigenvalue weighted by Crippen LogP contribution is 2.21. The van der Waals surface area contributed by atoms with E-state index in [1.54, 1.807) is 4.90 Å². The van der Waals surface area contributed by atoms with Crippen molar-refractivity contribution in [3.8, 4) is 0 Å². The number of hydrogen-bond acceptors (Lipinski definition) is 3. The molecule has 6 heteroatoms. The number of aromatic nitrogens is 2. The number of fused-ring (bicyclic) bond motifs is 1. The highest BCUT2D eigenvalue weighted by atomic mass is 16.4. The fraction of sp³-hybridized carbons (Fsp3) is 0.353. The fourth-order valence-electron chi connectivity index (χ4n) is 2.88. The third-order valence-electron chi connectivity index (χ3n) is 4.08. The summed E-state index contributed by atoms with van der Waals surface area (Å²) in [6.07, 6.45) is 0.804. The Kier molecular flexibility index (Phi) is 3.90. The van der Waals surface area contributed by atoms with E-state index in [1.807, 2.05) is 32.0 Å². The predicted molar refractivity (Wildman–Crippen MR) is 84.5 cm³/mol. The summed E-state index contributed by atoms with van der Waals surface area (Å²) < 4.78 is 1.38. The van der Waals surface area contributed by atoms with Gasteiger partial charge in [0.2, 0.25) is 0 Å². The van der Waals surface area contributed by atoms with Crippen LogP contribution in [0.5, 0.6) is 0 Å². The molecule has 23 heavy (non-hydrogen) atoms. The monoisotopic (exact) mass is 313 g/mol. The van der Waals surface area contributed by atoms with Crippen molar-refractivity contribution in [2.24, 2.45) is 0 Å². The van der Waals surface area contributed by atoms with Crippen LogP contribution in [0, 0.1) is 0 Å². The minimum Gasteiger partial charge on any atom is -0.477 e. The lowest BCUT2D eigenvalue weighted by atomic mass is 10.00. The zero-order chi connectivity index (χ0) is 16.6. The third kappa shape index (κ3) is 2.84. The van der Waals surface area contributed by atoms with E-state index < -0.39 is 5.97 Å². The molecular weight excluding hydrogens is 294 g/mol. The van der Waals surface area contributed by atoms with Crippen LogP contribution in [0.1, 0.15) is 52.0 Å². The van der Waals surface area contributed by atoms with Crippen molar-refractivity contribution in [1.29, 1.82) is 0 Å². The zero-order valence-electron chi connectivity index (χ0n) is 13.2. The van der Waals surface area contributed by atoms with E-state index >= 15 is 0 Å². The van der Waals surface area contributed by atoms with E-state index in [-0.39, 0.29) is 23.3 Å². The molecule has 1 amide bonds. The van der Waals surface area contributed by atoms with E-state index in [1.165, 1.54) is 16.3 Å². The molecule has 0 aliphatic carbocycles. The van der Waals surface area contributed by atoms with Gasteiger partial charge in [-0.15, -0.1) is 0 Å². The maximum Gasteiger partial charge on any atom is 0.354 e. The second-order valence-electron chi connectivity index (χ2n) is 6.00.